The molecule has 1 aromatic rings. The minimum absolute atomic E-state index is 0.153. The van der Waals surface area contributed by atoms with Gasteiger partial charge in [-0.25, -0.2) is 4.79 Å². The third kappa shape index (κ3) is 5.38. The van der Waals surface area contributed by atoms with E-state index in [1.807, 2.05) is 25.7 Å². The Labute approximate surface area is 163 Å². The van der Waals surface area contributed by atoms with Gasteiger partial charge < -0.3 is 20.3 Å². The molecule has 1 aromatic carbocycles. The first-order valence-electron chi connectivity index (χ1n) is 10.4. The number of hydrogen-bond donors (Lipinski definition) is 1. The summed E-state index contributed by atoms with van der Waals surface area (Å²) in [6.45, 7) is 9.13. The zero-order chi connectivity index (χ0) is 19.4. The Hall–Kier alpha value is -1.75. The number of ether oxygens (including phenoxy) is 1. The van der Waals surface area contributed by atoms with Crippen molar-refractivity contribution in [3.63, 3.8) is 0 Å². The first-order valence-corrected chi connectivity index (χ1v) is 10.4. The van der Waals surface area contributed by atoms with Gasteiger partial charge in [0.25, 0.3) is 0 Å². The van der Waals surface area contributed by atoms with Gasteiger partial charge in [0.1, 0.15) is 5.60 Å². The minimum atomic E-state index is -0.457. The minimum Gasteiger partial charge on any atom is -0.444 e. The summed E-state index contributed by atoms with van der Waals surface area (Å²) in [4.78, 5) is 17.4. The maximum Gasteiger partial charge on any atom is 0.410 e. The quantitative estimate of drug-likeness (QED) is 0.842. The molecule has 0 spiro atoms. The molecule has 2 aliphatic rings. The van der Waals surface area contributed by atoms with Crippen LogP contribution in [0.1, 0.15) is 58.4 Å². The van der Waals surface area contributed by atoms with Crippen LogP contribution < -0.4 is 10.6 Å². The van der Waals surface area contributed by atoms with Crippen LogP contribution in [0.15, 0.2) is 24.3 Å². The second-order valence-corrected chi connectivity index (χ2v) is 9.04. The van der Waals surface area contributed by atoms with Crippen molar-refractivity contribution in [1.82, 2.24) is 4.90 Å². The summed E-state index contributed by atoms with van der Waals surface area (Å²) in [6, 6.07) is 8.70. The van der Waals surface area contributed by atoms with Crippen molar-refractivity contribution >= 4 is 11.8 Å². The molecule has 2 N–H and O–H groups in total. The smallest absolute Gasteiger partial charge is 0.410 e. The highest BCUT2D eigenvalue weighted by Gasteiger charge is 2.34. The largest absolute Gasteiger partial charge is 0.444 e. The van der Waals surface area contributed by atoms with Crippen LogP contribution in [0, 0.1) is 5.92 Å². The van der Waals surface area contributed by atoms with Crippen molar-refractivity contribution in [3.05, 3.63) is 29.8 Å². The number of hydrogen-bond acceptors (Lipinski definition) is 4. The molecule has 1 amide bonds. The molecule has 0 radical (unpaired) electrons. The second kappa shape index (κ2) is 8.51. The van der Waals surface area contributed by atoms with Gasteiger partial charge in [0.2, 0.25) is 0 Å². The zero-order valence-electron chi connectivity index (χ0n) is 17.1. The summed E-state index contributed by atoms with van der Waals surface area (Å²) in [5.41, 5.74) is 7.62. The zero-order valence-corrected chi connectivity index (χ0v) is 17.1. The second-order valence-electron chi connectivity index (χ2n) is 9.04. The molecule has 150 valence electrons. The van der Waals surface area contributed by atoms with Crippen molar-refractivity contribution in [2.24, 2.45) is 11.7 Å². The van der Waals surface area contributed by atoms with Crippen LogP contribution >= 0.6 is 0 Å². The van der Waals surface area contributed by atoms with E-state index >= 15 is 0 Å². The fraction of sp³-hybridized carbons (Fsp3) is 0.682. The molecule has 1 heterocycles. The molecule has 2 fully saturated rings. The highest BCUT2D eigenvalue weighted by molar-refractivity contribution is 5.69. The van der Waals surface area contributed by atoms with Crippen molar-refractivity contribution in [2.45, 2.75) is 71.1 Å². The van der Waals surface area contributed by atoms with Crippen LogP contribution in [0.3, 0.4) is 0 Å². The Morgan fingerprint density at radius 1 is 1.19 bits per heavy atom. The van der Waals surface area contributed by atoms with Gasteiger partial charge in [-0.15, -0.1) is 0 Å². The molecule has 1 saturated heterocycles. The number of anilines is 1. The Morgan fingerprint density at radius 3 is 2.44 bits per heavy atom. The van der Waals surface area contributed by atoms with Crippen LogP contribution in [0.25, 0.3) is 0 Å². The van der Waals surface area contributed by atoms with E-state index in [4.69, 9.17) is 10.5 Å². The topological polar surface area (TPSA) is 58.8 Å². The summed E-state index contributed by atoms with van der Waals surface area (Å²) in [5, 5.41) is 0. The average molecular weight is 374 g/mol. The maximum atomic E-state index is 12.9. The molecule has 0 bridgehead atoms. The first kappa shape index (κ1) is 20.0. The van der Waals surface area contributed by atoms with E-state index in [2.05, 4.69) is 29.2 Å². The van der Waals surface area contributed by atoms with Gasteiger partial charge >= 0.3 is 6.09 Å². The van der Waals surface area contributed by atoms with E-state index in [0.717, 1.165) is 38.0 Å². The van der Waals surface area contributed by atoms with Crippen LogP contribution in [-0.2, 0) is 11.3 Å². The van der Waals surface area contributed by atoms with Gasteiger partial charge in [-0.3, -0.25) is 0 Å². The molecule has 5 heteroatoms. The third-order valence-corrected chi connectivity index (χ3v) is 5.68. The van der Waals surface area contributed by atoms with Crippen molar-refractivity contribution < 1.29 is 9.53 Å². The van der Waals surface area contributed by atoms with E-state index in [1.165, 1.54) is 24.9 Å². The number of nitrogens with two attached hydrogens (primary N) is 1. The Balaban J connectivity index is 1.71. The highest BCUT2D eigenvalue weighted by atomic mass is 16.6. The summed E-state index contributed by atoms with van der Waals surface area (Å²) in [5.74, 6) is 0.636. The number of nitrogens with zero attached hydrogens (tertiary/aromatic N) is 2. The Bertz CT molecular complexity index is 619. The molecular formula is C22H35N3O2. The van der Waals surface area contributed by atoms with E-state index in [0.29, 0.717) is 12.5 Å². The lowest BCUT2D eigenvalue weighted by atomic mass is 9.84. The lowest BCUT2D eigenvalue weighted by Gasteiger charge is -2.43. The third-order valence-electron chi connectivity index (χ3n) is 5.68. The highest BCUT2D eigenvalue weighted by Crippen LogP contribution is 2.30. The van der Waals surface area contributed by atoms with E-state index < -0.39 is 5.60 Å². The number of carbonyl (C=O) groups is 1. The van der Waals surface area contributed by atoms with Crippen LogP contribution in [0.2, 0.25) is 0 Å². The van der Waals surface area contributed by atoms with Crippen molar-refractivity contribution in [2.75, 3.05) is 24.5 Å². The summed E-state index contributed by atoms with van der Waals surface area (Å²) >= 11 is 0. The van der Waals surface area contributed by atoms with Gasteiger partial charge in [0, 0.05) is 31.9 Å². The lowest BCUT2D eigenvalue weighted by molar-refractivity contribution is 0.00736. The van der Waals surface area contributed by atoms with E-state index in [-0.39, 0.29) is 12.1 Å². The van der Waals surface area contributed by atoms with Gasteiger partial charge in [0.15, 0.2) is 0 Å². The lowest BCUT2D eigenvalue weighted by Crippen LogP contribution is -2.53. The molecule has 5 nitrogen and oxygen atoms in total. The molecule has 0 aromatic heterocycles. The number of amides is 1. The summed E-state index contributed by atoms with van der Waals surface area (Å²) in [6.07, 6.45) is 5.74. The van der Waals surface area contributed by atoms with Gasteiger partial charge in [-0.1, -0.05) is 18.6 Å². The van der Waals surface area contributed by atoms with Gasteiger partial charge in [-0.05, 0) is 70.1 Å². The molecule has 1 atom stereocenters. The number of benzene rings is 1. The molecule has 0 unspecified atom stereocenters. The Kier molecular flexibility index (Phi) is 6.30. The SMILES string of the molecule is CC(C)(C)OC(=O)N(CC1CCC1)[C@@H]1CCCN(c2ccc(CN)cc2)C1. The molecule has 1 saturated carbocycles. The van der Waals surface area contributed by atoms with E-state index in [1.54, 1.807) is 0 Å². The summed E-state index contributed by atoms with van der Waals surface area (Å²) < 4.78 is 5.75. The summed E-state index contributed by atoms with van der Waals surface area (Å²) in [7, 11) is 0. The monoisotopic (exact) mass is 373 g/mol. The van der Waals surface area contributed by atoms with Crippen molar-refractivity contribution in [3.8, 4) is 0 Å². The normalized spacial score (nSPS) is 20.9. The standard InChI is InChI=1S/C22H35N3O2/c1-22(2,3)27-21(26)25(15-18-6-4-7-18)20-8-5-13-24(16-20)19-11-9-17(14-23)10-12-19/h9-12,18,20H,4-8,13-16,23H2,1-3H3/t20-/m1/s1. The predicted octanol–water partition coefficient (Wildman–Crippen LogP) is 4.15. The number of carbonyl (C=O) groups excluding carboxylic acids is 1. The van der Waals surface area contributed by atoms with Crippen LogP contribution in [0.5, 0.6) is 0 Å². The first-order chi connectivity index (χ1) is 12.9. The fourth-order valence-corrected chi connectivity index (χ4v) is 3.93. The van der Waals surface area contributed by atoms with Crippen molar-refractivity contribution in [1.29, 1.82) is 0 Å². The maximum absolute atomic E-state index is 12.9. The van der Waals surface area contributed by atoms with Crippen LogP contribution in [-0.4, -0.2) is 42.3 Å². The van der Waals surface area contributed by atoms with Gasteiger partial charge in [0.05, 0.1) is 6.04 Å². The Morgan fingerprint density at radius 2 is 1.89 bits per heavy atom. The fourth-order valence-electron chi connectivity index (χ4n) is 3.93. The molecular weight excluding hydrogens is 338 g/mol. The molecule has 1 aliphatic carbocycles. The van der Waals surface area contributed by atoms with Gasteiger partial charge in [-0.2, -0.15) is 0 Å². The predicted molar refractivity (Wildman–Crippen MR) is 110 cm³/mol. The number of rotatable bonds is 5. The number of piperidine rings is 1. The molecule has 3 rings (SSSR count). The average Bonchev–Trinajstić information content (AvgIpc) is 2.59. The molecule has 1 aliphatic heterocycles. The molecule has 27 heavy (non-hydrogen) atoms. The van der Waals surface area contributed by atoms with E-state index in [9.17, 15) is 4.79 Å². The van der Waals surface area contributed by atoms with Crippen LogP contribution in [0.4, 0.5) is 10.5 Å².